The van der Waals surface area contributed by atoms with E-state index in [9.17, 15) is 14.7 Å². The summed E-state index contributed by atoms with van der Waals surface area (Å²) >= 11 is 0. The van der Waals surface area contributed by atoms with Gasteiger partial charge < -0.3 is 10.4 Å². The Morgan fingerprint density at radius 3 is 2.68 bits per heavy atom. The normalized spacial score (nSPS) is 16.8. The predicted molar refractivity (Wildman–Crippen MR) is 81.4 cm³/mol. The zero-order chi connectivity index (χ0) is 15.7. The van der Waals surface area contributed by atoms with Gasteiger partial charge in [-0.25, -0.2) is 4.79 Å². The highest BCUT2D eigenvalue weighted by molar-refractivity contribution is 5.91. The number of amides is 1. The number of aromatic nitrogens is 2. The second kappa shape index (κ2) is 5.44. The summed E-state index contributed by atoms with van der Waals surface area (Å²) in [5, 5.41) is 17.5. The lowest BCUT2D eigenvalue weighted by Crippen LogP contribution is -2.53. The zero-order valence-electron chi connectivity index (χ0n) is 12.5. The number of hydrogen-bond acceptors (Lipinski definition) is 3. The minimum Gasteiger partial charge on any atom is -0.480 e. The lowest BCUT2D eigenvalue weighted by Gasteiger charge is -2.25. The minimum atomic E-state index is -1.10. The summed E-state index contributed by atoms with van der Waals surface area (Å²) in [6, 6.07) is 7.69. The van der Waals surface area contributed by atoms with Crippen molar-refractivity contribution in [2.75, 3.05) is 0 Å². The molecule has 6 heteroatoms. The van der Waals surface area contributed by atoms with Crippen LogP contribution in [0.5, 0.6) is 0 Å². The number of rotatable bonds is 4. The molecule has 0 unspecified atom stereocenters. The Balaban J connectivity index is 1.80. The molecule has 0 bridgehead atoms. The van der Waals surface area contributed by atoms with Gasteiger partial charge in [-0.15, -0.1) is 0 Å². The maximum absolute atomic E-state index is 12.3. The minimum absolute atomic E-state index is 0.0936. The highest BCUT2D eigenvalue weighted by Gasteiger charge is 2.42. The van der Waals surface area contributed by atoms with Crippen molar-refractivity contribution < 1.29 is 14.7 Å². The largest absolute Gasteiger partial charge is 0.480 e. The summed E-state index contributed by atoms with van der Waals surface area (Å²) in [6.45, 7) is 0. The first-order chi connectivity index (χ1) is 10.5. The van der Waals surface area contributed by atoms with Crippen molar-refractivity contribution in [3.05, 3.63) is 30.0 Å². The van der Waals surface area contributed by atoms with Crippen LogP contribution in [-0.4, -0.2) is 32.3 Å². The van der Waals surface area contributed by atoms with Crippen LogP contribution in [-0.2, 0) is 23.1 Å². The molecule has 1 heterocycles. The number of carboxylic acid groups (broad SMARTS) is 1. The first-order valence-electron chi connectivity index (χ1n) is 7.47. The van der Waals surface area contributed by atoms with E-state index in [1.54, 1.807) is 4.68 Å². The topological polar surface area (TPSA) is 84.2 Å². The smallest absolute Gasteiger partial charge is 0.329 e. The highest BCUT2D eigenvalue weighted by atomic mass is 16.4. The van der Waals surface area contributed by atoms with Crippen LogP contribution in [0.2, 0.25) is 0 Å². The molecular weight excluding hydrogens is 282 g/mol. The fraction of sp³-hybridized carbons (Fsp3) is 0.438. The molecule has 1 aliphatic carbocycles. The van der Waals surface area contributed by atoms with Crippen molar-refractivity contribution in [3.8, 4) is 0 Å². The maximum Gasteiger partial charge on any atom is 0.329 e. The third-order valence-corrected chi connectivity index (χ3v) is 4.41. The van der Waals surface area contributed by atoms with E-state index in [2.05, 4.69) is 10.4 Å². The van der Waals surface area contributed by atoms with Crippen LogP contribution in [0, 0.1) is 0 Å². The summed E-state index contributed by atoms with van der Waals surface area (Å²) in [5.41, 5.74) is 0.537. The lowest BCUT2D eigenvalue weighted by atomic mass is 9.97. The molecule has 1 fully saturated rings. The molecule has 0 aliphatic heterocycles. The van der Waals surface area contributed by atoms with E-state index in [1.165, 1.54) is 0 Å². The molecule has 1 aromatic carbocycles. The van der Waals surface area contributed by atoms with Gasteiger partial charge >= 0.3 is 5.97 Å². The zero-order valence-corrected chi connectivity index (χ0v) is 12.5. The van der Waals surface area contributed by atoms with Gasteiger partial charge in [0, 0.05) is 12.4 Å². The van der Waals surface area contributed by atoms with Gasteiger partial charge in [-0.1, -0.05) is 31.0 Å². The summed E-state index contributed by atoms with van der Waals surface area (Å²) in [7, 11) is 1.83. The molecule has 2 N–H and O–H groups in total. The Kier molecular flexibility index (Phi) is 3.60. The maximum atomic E-state index is 12.3. The molecule has 1 saturated carbocycles. The molecule has 22 heavy (non-hydrogen) atoms. The molecule has 1 aromatic heterocycles. The third kappa shape index (κ3) is 2.45. The van der Waals surface area contributed by atoms with Crippen LogP contribution in [0.15, 0.2) is 24.3 Å². The molecule has 0 radical (unpaired) electrons. The number of nitrogens with one attached hydrogen (secondary N) is 1. The SMILES string of the molecule is Cn1nc(CC(=O)NC2(C(=O)O)CCCC2)c2ccccc21. The van der Waals surface area contributed by atoms with E-state index in [0.29, 0.717) is 18.5 Å². The predicted octanol–water partition coefficient (Wildman–Crippen LogP) is 1.63. The molecule has 0 saturated heterocycles. The van der Waals surface area contributed by atoms with E-state index < -0.39 is 11.5 Å². The van der Waals surface area contributed by atoms with Crippen molar-refractivity contribution >= 4 is 22.8 Å². The molecule has 3 rings (SSSR count). The van der Waals surface area contributed by atoms with Gasteiger partial charge in [0.05, 0.1) is 17.6 Å². The van der Waals surface area contributed by atoms with Crippen LogP contribution >= 0.6 is 0 Å². The number of para-hydroxylation sites is 1. The van der Waals surface area contributed by atoms with E-state index in [-0.39, 0.29) is 12.3 Å². The van der Waals surface area contributed by atoms with Crippen molar-refractivity contribution in [2.45, 2.75) is 37.6 Å². The lowest BCUT2D eigenvalue weighted by molar-refractivity contribution is -0.147. The van der Waals surface area contributed by atoms with Crippen molar-refractivity contribution in [2.24, 2.45) is 7.05 Å². The number of carbonyl (C=O) groups is 2. The Labute approximate surface area is 128 Å². The first-order valence-corrected chi connectivity index (χ1v) is 7.47. The summed E-state index contributed by atoms with van der Waals surface area (Å²) in [5.74, 6) is -1.22. The summed E-state index contributed by atoms with van der Waals surface area (Å²) in [6.07, 6.45) is 2.75. The quantitative estimate of drug-likeness (QED) is 0.899. The fourth-order valence-corrected chi connectivity index (χ4v) is 3.25. The average Bonchev–Trinajstić information content (AvgIpc) is 3.07. The number of nitrogens with zero attached hydrogens (tertiary/aromatic N) is 2. The highest BCUT2D eigenvalue weighted by Crippen LogP contribution is 2.30. The van der Waals surface area contributed by atoms with Gasteiger partial charge in [0.25, 0.3) is 0 Å². The molecular formula is C16H19N3O3. The third-order valence-electron chi connectivity index (χ3n) is 4.41. The molecule has 1 aliphatic rings. The number of aryl methyl sites for hydroxylation is 1. The Morgan fingerprint density at radius 2 is 2.00 bits per heavy atom. The van der Waals surface area contributed by atoms with Crippen LogP contribution in [0.1, 0.15) is 31.4 Å². The van der Waals surface area contributed by atoms with Gasteiger partial charge in [-0.2, -0.15) is 5.10 Å². The van der Waals surface area contributed by atoms with Crippen molar-refractivity contribution in [1.82, 2.24) is 15.1 Å². The second-order valence-corrected chi connectivity index (χ2v) is 5.91. The fourth-order valence-electron chi connectivity index (χ4n) is 3.25. The monoisotopic (exact) mass is 301 g/mol. The second-order valence-electron chi connectivity index (χ2n) is 5.91. The molecule has 2 aromatic rings. The number of hydrogen-bond donors (Lipinski definition) is 2. The van der Waals surface area contributed by atoms with E-state index >= 15 is 0 Å². The number of benzene rings is 1. The van der Waals surface area contributed by atoms with Crippen LogP contribution in [0.3, 0.4) is 0 Å². The summed E-state index contributed by atoms with van der Waals surface area (Å²) < 4.78 is 1.74. The van der Waals surface area contributed by atoms with Gasteiger partial charge in [0.1, 0.15) is 5.54 Å². The van der Waals surface area contributed by atoms with Gasteiger partial charge in [-0.3, -0.25) is 9.48 Å². The number of aliphatic carboxylic acids is 1. The average molecular weight is 301 g/mol. The van der Waals surface area contributed by atoms with E-state index in [4.69, 9.17) is 0 Å². The van der Waals surface area contributed by atoms with Crippen LogP contribution in [0.25, 0.3) is 10.9 Å². The van der Waals surface area contributed by atoms with Gasteiger partial charge in [0.2, 0.25) is 5.91 Å². The molecule has 116 valence electrons. The Morgan fingerprint density at radius 1 is 1.32 bits per heavy atom. The summed E-state index contributed by atoms with van der Waals surface area (Å²) in [4.78, 5) is 23.8. The van der Waals surface area contributed by atoms with Gasteiger partial charge in [0.15, 0.2) is 0 Å². The molecule has 1 amide bonds. The molecule has 0 spiro atoms. The van der Waals surface area contributed by atoms with Crippen LogP contribution in [0.4, 0.5) is 0 Å². The number of carbonyl (C=O) groups excluding carboxylic acids is 1. The Bertz CT molecular complexity index is 729. The molecule has 0 atom stereocenters. The van der Waals surface area contributed by atoms with Crippen molar-refractivity contribution in [1.29, 1.82) is 0 Å². The van der Waals surface area contributed by atoms with Crippen LogP contribution < -0.4 is 5.32 Å². The first kappa shape index (κ1) is 14.6. The standard InChI is InChI=1S/C16H19N3O3/c1-19-13-7-3-2-6-11(13)12(18-19)10-14(20)17-16(15(21)22)8-4-5-9-16/h2-3,6-7H,4-5,8-10H2,1H3,(H,17,20)(H,21,22). The van der Waals surface area contributed by atoms with Crippen molar-refractivity contribution in [3.63, 3.8) is 0 Å². The molecule has 6 nitrogen and oxygen atoms in total. The Hall–Kier alpha value is -2.37. The number of carboxylic acids is 1. The van der Waals surface area contributed by atoms with Gasteiger partial charge in [-0.05, 0) is 18.9 Å². The van der Waals surface area contributed by atoms with E-state index in [0.717, 1.165) is 23.7 Å². The number of fused-ring (bicyclic) bond motifs is 1. The van der Waals surface area contributed by atoms with E-state index in [1.807, 2.05) is 31.3 Å².